The molecule has 20 heteroatoms. The monoisotopic (exact) mass is 544 g/mol. The van der Waals surface area contributed by atoms with Crippen LogP contribution in [0.15, 0.2) is 0 Å². The van der Waals surface area contributed by atoms with E-state index in [4.69, 9.17) is 46.0 Å². The molecular formula is C15H23Na3O17. The second-order valence-corrected chi connectivity index (χ2v) is 5.95. The minimum atomic E-state index is -2.80. The summed E-state index contributed by atoms with van der Waals surface area (Å²) in [5.74, 6) is -8.75. The number of hydrogen-bond donors (Lipinski definition) is 9. The first-order valence-corrected chi connectivity index (χ1v) is 8.14. The Labute approximate surface area is 263 Å². The number of carbonyl (C=O) groups excluding carboxylic acids is 3. The van der Waals surface area contributed by atoms with Crippen molar-refractivity contribution in [2.45, 2.75) is 55.9 Å². The third kappa shape index (κ3) is 24.2. The number of hydrogen-bond acceptors (Lipinski definition) is 15. The molecule has 17 nitrogen and oxygen atoms in total. The molecule has 0 amide bonds. The van der Waals surface area contributed by atoms with E-state index in [1.165, 1.54) is 0 Å². The van der Waals surface area contributed by atoms with Crippen LogP contribution in [0.5, 0.6) is 0 Å². The molecule has 0 bridgehead atoms. The van der Waals surface area contributed by atoms with Gasteiger partial charge in [0.15, 0.2) is 5.60 Å². The maximum Gasteiger partial charge on any atom is 1.00 e. The predicted octanol–water partition coefficient (Wildman–Crippen LogP) is -18.3. The number of rotatable bonds is 11. The molecule has 9 N–H and O–H groups in total. The van der Waals surface area contributed by atoms with Gasteiger partial charge in [0.1, 0.15) is 24.4 Å². The summed E-state index contributed by atoms with van der Waals surface area (Å²) in [5.41, 5.74) is -2.80. The molecule has 188 valence electrons. The second-order valence-electron chi connectivity index (χ2n) is 5.95. The van der Waals surface area contributed by atoms with E-state index < -0.39 is 85.4 Å². The largest absolute Gasteiger partial charge is 1.00 e. The molecule has 0 fully saturated rings. The Morgan fingerprint density at radius 2 is 1.14 bits per heavy atom. The van der Waals surface area contributed by atoms with Crippen molar-refractivity contribution < 1.29 is 174 Å². The molecule has 0 radical (unpaired) electrons. The first-order valence-electron chi connectivity index (χ1n) is 8.14. The van der Waals surface area contributed by atoms with Gasteiger partial charge in [0.25, 0.3) is 0 Å². The standard InChI is InChI=1S/C6H8O7.C6H12O7.C3H6O3.3Na/c7-3(8)1-6(13,5(11)12)2-4(9)10;7-1-2(8)3(9)4(10)5(11)6(12)13;1-2(4)3(5)6;;;/h13H,1-2H2,(H,7,8)(H,9,10)(H,11,12);2-5,7-11H,1H2,(H,12,13);2,4H,1H3,(H,5,6);;;/q;;;3*+1/p-3/t;2-,3-,4+,5-;;;;/m.1..../s1. The van der Waals surface area contributed by atoms with Gasteiger partial charge in [0.2, 0.25) is 0 Å². The first kappa shape index (κ1) is 48.2. The Bertz CT molecular complexity index is 628. The molecule has 0 saturated carbocycles. The molecule has 2 unspecified atom stereocenters. The number of carboxylic acids is 5. The van der Waals surface area contributed by atoms with E-state index in [1.54, 1.807) is 0 Å². The van der Waals surface area contributed by atoms with Crippen LogP contribution in [0.3, 0.4) is 0 Å². The summed E-state index contributed by atoms with van der Waals surface area (Å²) in [6, 6.07) is 0. The Morgan fingerprint density at radius 1 is 0.771 bits per heavy atom. The van der Waals surface area contributed by atoms with Crippen molar-refractivity contribution in [2.24, 2.45) is 0 Å². The van der Waals surface area contributed by atoms with Gasteiger partial charge in [-0.25, -0.2) is 4.79 Å². The maximum absolute atomic E-state index is 10.3. The van der Waals surface area contributed by atoms with Crippen LogP contribution >= 0.6 is 0 Å². The third-order valence-electron chi connectivity index (χ3n) is 3.12. The van der Waals surface area contributed by atoms with Crippen molar-refractivity contribution in [1.29, 1.82) is 0 Å². The topological polar surface area (TPSA) is 337 Å². The minimum Gasteiger partial charge on any atom is -0.550 e. The molecule has 0 heterocycles. The molecule has 0 rings (SSSR count). The van der Waals surface area contributed by atoms with Gasteiger partial charge in [-0.05, 0) is 6.92 Å². The van der Waals surface area contributed by atoms with Gasteiger partial charge in [-0.3, -0.25) is 4.79 Å². The van der Waals surface area contributed by atoms with Gasteiger partial charge in [0, 0.05) is 12.4 Å². The van der Waals surface area contributed by atoms with Crippen LogP contribution in [0, 0.1) is 0 Å². The summed E-state index contributed by atoms with van der Waals surface area (Å²) in [7, 11) is 0. The molecule has 0 aromatic rings. The van der Waals surface area contributed by atoms with E-state index in [2.05, 4.69) is 0 Å². The zero-order valence-electron chi connectivity index (χ0n) is 19.3. The number of carbonyl (C=O) groups is 5. The van der Waals surface area contributed by atoms with Gasteiger partial charge < -0.3 is 75.7 Å². The average molecular weight is 544 g/mol. The van der Waals surface area contributed by atoms with Gasteiger partial charge in [-0.1, -0.05) is 0 Å². The maximum atomic E-state index is 10.3. The van der Waals surface area contributed by atoms with Gasteiger partial charge in [-0.2, -0.15) is 0 Å². The van der Waals surface area contributed by atoms with Crippen molar-refractivity contribution in [1.82, 2.24) is 0 Å². The molecule has 0 aliphatic rings. The van der Waals surface area contributed by atoms with Gasteiger partial charge >= 0.3 is 101 Å². The van der Waals surface area contributed by atoms with Crippen molar-refractivity contribution in [3.05, 3.63) is 0 Å². The van der Waals surface area contributed by atoms with E-state index in [1.807, 2.05) is 0 Å². The number of aliphatic hydroxyl groups is 7. The molecule has 0 aromatic carbocycles. The Balaban J connectivity index is -0.0000000916. The summed E-state index contributed by atoms with van der Waals surface area (Å²) < 4.78 is 0. The fourth-order valence-electron chi connectivity index (χ4n) is 1.36. The van der Waals surface area contributed by atoms with Crippen LogP contribution < -0.4 is 104 Å². The molecule has 0 aromatic heterocycles. The Hall–Kier alpha value is 0.0700. The summed E-state index contributed by atoms with van der Waals surface area (Å²) in [6.07, 6.45) is -11.9. The quantitative estimate of drug-likeness (QED) is 0.109. The van der Waals surface area contributed by atoms with E-state index in [-0.39, 0.29) is 88.7 Å². The fourth-order valence-corrected chi connectivity index (χ4v) is 1.36. The van der Waals surface area contributed by atoms with Crippen LogP contribution in [0.4, 0.5) is 0 Å². The average Bonchev–Trinajstić information content (AvgIpc) is 2.64. The van der Waals surface area contributed by atoms with Crippen molar-refractivity contribution in [2.75, 3.05) is 6.61 Å². The number of aliphatic carboxylic acids is 5. The van der Waals surface area contributed by atoms with Gasteiger partial charge in [0.05, 0.1) is 31.1 Å². The molecule has 35 heavy (non-hydrogen) atoms. The molecular weight excluding hydrogens is 521 g/mol. The molecule has 6 atom stereocenters. The Morgan fingerprint density at radius 3 is 1.34 bits per heavy atom. The number of aliphatic hydroxyl groups excluding tert-OH is 6. The fraction of sp³-hybridized carbons (Fsp3) is 0.667. The molecule has 0 aliphatic carbocycles. The van der Waals surface area contributed by atoms with Crippen LogP contribution in [0.2, 0.25) is 0 Å². The van der Waals surface area contributed by atoms with Gasteiger partial charge in [-0.15, -0.1) is 0 Å². The molecule has 0 aliphatic heterocycles. The summed E-state index contributed by atoms with van der Waals surface area (Å²) in [4.78, 5) is 49.6. The molecule has 0 spiro atoms. The summed E-state index contributed by atoms with van der Waals surface area (Å²) >= 11 is 0. The minimum absolute atomic E-state index is 0. The van der Waals surface area contributed by atoms with E-state index in [9.17, 15) is 39.3 Å². The number of carboxylic acid groups (broad SMARTS) is 5. The van der Waals surface area contributed by atoms with Crippen molar-refractivity contribution in [3.8, 4) is 0 Å². The Kier molecular flexibility index (Phi) is 33.6. The van der Waals surface area contributed by atoms with Crippen LogP contribution in [-0.2, 0) is 24.0 Å². The SMILES string of the molecule is CC(O)C(=O)[O-].O=C([O-])CC(O)(CC(=O)O)C(=O)O.O=C([O-])[C@H](O)[C@@H](O)[C@H](O)[C@H](O)CO.[Na+].[Na+].[Na+]. The summed E-state index contributed by atoms with van der Waals surface area (Å²) in [5, 5.41) is 106. The van der Waals surface area contributed by atoms with E-state index >= 15 is 0 Å². The zero-order chi connectivity index (χ0) is 26.4. The van der Waals surface area contributed by atoms with E-state index in [0.717, 1.165) is 6.92 Å². The molecule has 0 saturated heterocycles. The third-order valence-corrected chi connectivity index (χ3v) is 3.12. The second kappa shape index (κ2) is 24.4. The summed E-state index contributed by atoms with van der Waals surface area (Å²) in [6.45, 7) is 0.271. The zero-order valence-corrected chi connectivity index (χ0v) is 25.3. The smallest absolute Gasteiger partial charge is 0.550 e. The van der Waals surface area contributed by atoms with Crippen molar-refractivity contribution in [3.63, 3.8) is 0 Å². The predicted molar refractivity (Wildman–Crippen MR) is 87.3 cm³/mol. The van der Waals surface area contributed by atoms with E-state index in [0.29, 0.717) is 0 Å². The van der Waals surface area contributed by atoms with Crippen molar-refractivity contribution >= 4 is 29.8 Å². The first-order chi connectivity index (χ1) is 14.3. The van der Waals surface area contributed by atoms with Crippen LogP contribution in [0.25, 0.3) is 0 Å². The van der Waals surface area contributed by atoms with Crippen LogP contribution in [-0.4, -0.2) is 119 Å². The normalized spacial score (nSPS) is 15.3. The van der Waals surface area contributed by atoms with Crippen LogP contribution in [0.1, 0.15) is 19.8 Å².